The van der Waals surface area contributed by atoms with Gasteiger partial charge in [0, 0.05) is 6.04 Å². The maximum Gasteiger partial charge on any atom is 0.145 e. The van der Waals surface area contributed by atoms with Crippen molar-refractivity contribution in [3.8, 4) is 5.75 Å². The van der Waals surface area contributed by atoms with Crippen LogP contribution in [-0.4, -0.2) is 16.4 Å². The predicted octanol–water partition coefficient (Wildman–Crippen LogP) is 3.00. The lowest BCUT2D eigenvalue weighted by molar-refractivity contribution is 0.267. The first-order valence-corrected chi connectivity index (χ1v) is 7.35. The zero-order chi connectivity index (χ0) is 14.5. The van der Waals surface area contributed by atoms with E-state index in [9.17, 15) is 0 Å². The molecule has 1 unspecified atom stereocenters. The van der Waals surface area contributed by atoms with E-state index in [-0.39, 0.29) is 6.04 Å². The Hall–Kier alpha value is -1.40. The van der Waals surface area contributed by atoms with Gasteiger partial charge >= 0.3 is 0 Å². The SMILES string of the molecule is CCC(N)Cc1cccc(Br)c1OCc1nonc1C. The van der Waals surface area contributed by atoms with Gasteiger partial charge in [-0.1, -0.05) is 29.4 Å². The zero-order valence-corrected chi connectivity index (χ0v) is 13.2. The molecule has 1 aromatic carbocycles. The second-order valence-electron chi connectivity index (χ2n) is 4.69. The largest absolute Gasteiger partial charge is 0.486 e. The van der Waals surface area contributed by atoms with Crippen LogP contribution in [0, 0.1) is 6.92 Å². The Morgan fingerprint density at radius 2 is 2.20 bits per heavy atom. The lowest BCUT2D eigenvalue weighted by atomic mass is 10.0. The first kappa shape index (κ1) is 15.0. The van der Waals surface area contributed by atoms with Gasteiger partial charge in [-0.3, -0.25) is 0 Å². The highest BCUT2D eigenvalue weighted by atomic mass is 79.9. The molecule has 2 N–H and O–H groups in total. The molecule has 0 aliphatic rings. The van der Waals surface area contributed by atoms with Crippen LogP contribution < -0.4 is 10.5 Å². The molecular formula is C14H18BrN3O2. The van der Waals surface area contributed by atoms with E-state index in [1.54, 1.807) is 0 Å². The predicted molar refractivity (Wildman–Crippen MR) is 79.5 cm³/mol. The first-order valence-electron chi connectivity index (χ1n) is 6.55. The highest BCUT2D eigenvalue weighted by molar-refractivity contribution is 9.10. The Bertz CT molecular complexity index is 571. The maximum atomic E-state index is 6.03. The number of aryl methyl sites for hydroxylation is 1. The molecule has 1 heterocycles. The average Bonchev–Trinajstić information content (AvgIpc) is 2.83. The minimum atomic E-state index is 0.127. The van der Waals surface area contributed by atoms with Crippen molar-refractivity contribution in [2.45, 2.75) is 39.3 Å². The van der Waals surface area contributed by atoms with Crippen LogP contribution in [-0.2, 0) is 13.0 Å². The van der Waals surface area contributed by atoms with Gasteiger partial charge in [-0.05, 0) is 47.3 Å². The van der Waals surface area contributed by atoms with Crippen LogP contribution in [0.4, 0.5) is 0 Å². The molecule has 2 rings (SSSR count). The van der Waals surface area contributed by atoms with Crippen molar-refractivity contribution in [1.82, 2.24) is 10.3 Å². The summed E-state index contributed by atoms with van der Waals surface area (Å²) in [5.41, 5.74) is 8.56. The van der Waals surface area contributed by atoms with Crippen molar-refractivity contribution in [2.24, 2.45) is 5.73 Å². The molecule has 0 saturated heterocycles. The Balaban J connectivity index is 2.15. The number of rotatable bonds is 6. The van der Waals surface area contributed by atoms with Crippen LogP contribution >= 0.6 is 15.9 Å². The molecule has 0 fully saturated rings. The van der Waals surface area contributed by atoms with E-state index in [4.69, 9.17) is 10.5 Å². The van der Waals surface area contributed by atoms with Gasteiger partial charge in [-0.25, -0.2) is 4.63 Å². The summed E-state index contributed by atoms with van der Waals surface area (Å²) in [6.07, 6.45) is 1.71. The molecule has 0 aliphatic heterocycles. The molecule has 108 valence electrons. The Kier molecular flexibility index (Phi) is 5.14. The molecule has 1 atom stereocenters. The number of ether oxygens (including phenoxy) is 1. The second kappa shape index (κ2) is 6.85. The van der Waals surface area contributed by atoms with Crippen molar-refractivity contribution in [2.75, 3.05) is 0 Å². The molecule has 6 heteroatoms. The molecule has 2 aromatic rings. The van der Waals surface area contributed by atoms with Crippen molar-refractivity contribution in [3.05, 3.63) is 39.6 Å². The standard InChI is InChI=1S/C14H18BrN3O2/c1-3-11(16)7-10-5-4-6-12(15)14(10)19-8-13-9(2)17-20-18-13/h4-6,11H,3,7-8,16H2,1-2H3. The molecule has 0 spiro atoms. The fourth-order valence-corrected chi connectivity index (χ4v) is 2.35. The summed E-state index contributed by atoms with van der Waals surface area (Å²) in [6, 6.07) is 6.09. The number of nitrogens with two attached hydrogens (primary N) is 1. The molecular weight excluding hydrogens is 322 g/mol. The molecule has 0 amide bonds. The molecule has 1 aromatic heterocycles. The molecule has 0 bridgehead atoms. The summed E-state index contributed by atoms with van der Waals surface area (Å²) in [4.78, 5) is 0. The number of para-hydroxylation sites is 1. The number of nitrogens with zero attached hydrogens (tertiary/aromatic N) is 2. The van der Waals surface area contributed by atoms with Gasteiger partial charge in [0.05, 0.1) is 4.47 Å². The van der Waals surface area contributed by atoms with E-state index in [0.29, 0.717) is 12.3 Å². The second-order valence-corrected chi connectivity index (χ2v) is 5.54. The number of hydrogen-bond donors (Lipinski definition) is 1. The number of hydrogen-bond acceptors (Lipinski definition) is 5. The van der Waals surface area contributed by atoms with E-state index in [1.165, 1.54) is 0 Å². The summed E-state index contributed by atoms with van der Waals surface area (Å²) in [5, 5.41) is 7.55. The number of halogens is 1. The summed E-state index contributed by atoms with van der Waals surface area (Å²) >= 11 is 3.52. The van der Waals surface area contributed by atoms with Gasteiger partial charge in [-0.15, -0.1) is 0 Å². The van der Waals surface area contributed by atoms with Crippen molar-refractivity contribution < 1.29 is 9.37 Å². The molecule has 0 aliphatic carbocycles. The van der Waals surface area contributed by atoms with Crippen LogP contribution in [0.1, 0.15) is 30.3 Å². The van der Waals surface area contributed by atoms with E-state index in [1.807, 2.05) is 25.1 Å². The Morgan fingerprint density at radius 3 is 2.85 bits per heavy atom. The first-order chi connectivity index (χ1) is 9.61. The van der Waals surface area contributed by atoms with Gasteiger partial charge < -0.3 is 10.5 Å². The quantitative estimate of drug-likeness (QED) is 0.875. The summed E-state index contributed by atoms with van der Waals surface area (Å²) < 4.78 is 11.4. The van der Waals surface area contributed by atoms with Gasteiger partial charge in [0.15, 0.2) is 0 Å². The summed E-state index contributed by atoms with van der Waals surface area (Å²) in [5.74, 6) is 0.804. The Labute approximate surface area is 126 Å². The van der Waals surface area contributed by atoms with E-state index >= 15 is 0 Å². The van der Waals surface area contributed by atoms with Crippen LogP contribution in [0.15, 0.2) is 27.3 Å². The highest BCUT2D eigenvalue weighted by Gasteiger charge is 2.13. The van der Waals surface area contributed by atoms with Gasteiger partial charge in [0.25, 0.3) is 0 Å². The fourth-order valence-electron chi connectivity index (χ4n) is 1.82. The third kappa shape index (κ3) is 3.58. The summed E-state index contributed by atoms with van der Waals surface area (Å²) in [6.45, 7) is 4.24. The zero-order valence-electron chi connectivity index (χ0n) is 11.6. The monoisotopic (exact) mass is 339 g/mol. The number of benzene rings is 1. The van der Waals surface area contributed by atoms with Crippen molar-refractivity contribution >= 4 is 15.9 Å². The van der Waals surface area contributed by atoms with Crippen molar-refractivity contribution in [1.29, 1.82) is 0 Å². The third-order valence-electron chi connectivity index (χ3n) is 3.15. The maximum absolute atomic E-state index is 6.03. The van der Waals surface area contributed by atoms with Crippen LogP contribution in [0.2, 0.25) is 0 Å². The van der Waals surface area contributed by atoms with Crippen LogP contribution in [0.25, 0.3) is 0 Å². The van der Waals surface area contributed by atoms with Gasteiger partial charge in [0.2, 0.25) is 0 Å². The Morgan fingerprint density at radius 1 is 1.40 bits per heavy atom. The minimum Gasteiger partial charge on any atom is -0.486 e. The van der Waals surface area contributed by atoms with Gasteiger partial charge in [-0.2, -0.15) is 0 Å². The molecule has 0 saturated carbocycles. The average molecular weight is 340 g/mol. The van der Waals surface area contributed by atoms with Crippen LogP contribution in [0.3, 0.4) is 0 Å². The van der Waals surface area contributed by atoms with E-state index in [2.05, 4.69) is 37.8 Å². The lowest BCUT2D eigenvalue weighted by Crippen LogP contribution is -2.21. The lowest BCUT2D eigenvalue weighted by Gasteiger charge is -2.15. The molecule has 20 heavy (non-hydrogen) atoms. The highest BCUT2D eigenvalue weighted by Crippen LogP contribution is 2.30. The normalized spacial score (nSPS) is 12.4. The van der Waals surface area contributed by atoms with Crippen LogP contribution in [0.5, 0.6) is 5.75 Å². The third-order valence-corrected chi connectivity index (χ3v) is 3.78. The molecule has 5 nitrogen and oxygen atoms in total. The fraction of sp³-hybridized carbons (Fsp3) is 0.429. The topological polar surface area (TPSA) is 74.2 Å². The van der Waals surface area contributed by atoms with E-state index < -0.39 is 0 Å². The summed E-state index contributed by atoms with van der Waals surface area (Å²) in [7, 11) is 0. The van der Waals surface area contributed by atoms with Gasteiger partial charge in [0.1, 0.15) is 23.7 Å². The molecule has 0 radical (unpaired) electrons. The van der Waals surface area contributed by atoms with Crippen molar-refractivity contribution in [3.63, 3.8) is 0 Å². The minimum absolute atomic E-state index is 0.127. The number of aromatic nitrogens is 2. The smallest absolute Gasteiger partial charge is 0.145 e. The van der Waals surface area contributed by atoms with E-state index in [0.717, 1.165) is 34.3 Å².